The lowest BCUT2D eigenvalue weighted by atomic mass is 9.47. The van der Waals surface area contributed by atoms with Crippen molar-refractivity contribution in [3.05, 3.63) is 34.4 Å². The van der Waals surface area contributed by atoms with Crippen LogP contribution in [0, 0.1) is 22.7 Å². The molecule has 3 nitrogen and oxygen atoms in total. The van der Waals surface area contributed by atoms with Crippen LogP contribution < -0.4 is 0 Å². The van der Waals surface area contributed by atoms with Crippen LogP contribution in [0.1, 0.15) is 44.9 Å². The third kappa shape index (κ3) is 1.03. The largest absolute Gasteiger partial charge is 0.392 e. The molecule has 5 aliphatic carbocycles. The fourth-order valence-corrected chi connectivity index (χ4v) is 6.23. The van der Waals surface area contributed by atoms with Gasteiger partial charge in [-0.05, 0) is 56.8 Å². The summed E-state index contributed by atoms with van der Waals surface area (Å²) in [6.45, 7) is 0. The summed E-state index contributed by atoms with van der Waals surface area (Å²) < 4.78 is 5.27. The molecule has 0 amide bonds. The predicted octanol–water partition coefficient (Wildman–Crippen LogP) is 3.22. The minimum Gasteiger partial charge on any atom is -0.392 e. The van der Waals surface area contributed by atoms with Crippen LogP contribution in [-0.4, -0.2) is 11.9 Å². The highest BCUT2D eigenvalue weighted by Crippen LogP contribution is 2.70. The van der Waals surface area contributed by atoms with Crippen molar-refractivity contribution < 1.29 is 14.3 Å². The number of hydrogen-bond donors (Lipinski definition) is 0. The SMILES string of the molecule is O=C1OC(=O)[C@]23CC4=C(CC4)C[C@]12CC1=C(C3)[C@@H]2C=C[C@H]1C2. The van der Waals surface area contributed by atoms with Gasteiger partial charge in [-0.25, -0.2) is 0 Å². The minimum absolute atomic E-state index is 0.228. The van der Waals surface area contributed by atoms with E-state index in [2.05, 4.69) is 12.2 Å². The predicted molar refractivity (Wildman–Crippen MR) is 78.5 cm³/mol. The van der Waals surface area contributed by atoms with Crippen molar-refractivity contribution in [3.63, 3.8) is 0 Å². The van der Waals surface area contributed by atoms with Crippen LogP contribution >= 0.6 is 0 Å². The lowest BCUT2D eigenvalue weighted by molar-refractivity contribution is -0.155. The second-order valence-electron chi connectivity index (χ2n) is 8.14. The number of fused-ring (bicyclic) bond motifs is 4. The van der Waals surface area contributed by atoms with Gasteiger partial charge in [0, 0.05) is 0 Å². The van der Waals surface area contributed by atoms with Crippen LogP contribution in [0.2, 0.25) is 0 Å². The first-order valence-electron chi connectivity index (χ1n) is 8.50. The molecule has 3 heteroatoms. The number of carbonyl (C=O) groups is 2. The topological polar surface area (TPSA) is 43.4 Å². The van der Waals surface area contributed by atoms with E-state index < -0.39 is 10.8 Å². The molecule has 1 heterocycles. The van der Waals surface area contributed by atoms with Gasteiger partial charge in [0.1, 0.15) is 0 Å². The Kier molecular flexibility index (Phi) is 1.79. The Morgan fingerprint density at radius 2 is 1.32 bits per heavy atom. The molecular weight excluding hydrogens is 276 g/mol. The van der Waals surface area contributed by atoms with E-state index in [1.165, 1.54) is 28.7 Å². The summed E-state index contributed by atoms with van der Waals surface area (Å²) in [5, 5.41) is 0. The average Bonchev–Trinajstić information content (AvgIpc) is 3.13. The molecule has 2 bridgehead atoms. The molecule has 0 unspecified atom stereocenters. The summed E-state index contributed by atoms with van der Waals surface area (Å²) in [7, 11) is 0. The Hall–Kier alpha value is -1.64. The van der Waals surface area contributed by atoms with E-state index in [-0.39, 0.29) is 11.9 Å². The Bertz CT molecular complexity index is 708. The summed E-state index contributed by atoms with van der Waals surface area (Å²) >= 11 is 0. The zero-order valence-corrected chi connectivity index (χ0v) is 12.5. The van der Waals surface area contributed by atoms with Gasteiger partial charge in [0.25, 0.3) is 0 Å². The molecule has 0 aromatic heterocycles. The highest BCUT2D eigenvalue weighted by molar-refractivity contribution is 6.03. The second-order valence-corrected chi connectivity index (χ2v) is 8.14. The molecule has 112 valence electrons. The van der Waals surface area contributed by atoms with E-state index in [0.29, 0.717) is 11.8 Å². The summed E-state index contributed by atoms with van der Waals surface area (Å²) in [4.78, 5) is 25.5. The van der Waals surface area contributed by atoms with Gasteiger partial charge in [-0.2, -0.15) is 0 Å². The monoisotopic (exact) mass is 294 g/mol. The molecule has 1 fully saturated rings. The smallest absolute Gasteiger partial charge is 0.321 e. The van der Waals surface area contributed by atoms with Crippen molar-refractivity contribution in [3.8, 4) is 0 Å². The molecule has 1 aliphatic heterocycles. The van der Waals surface area contributed by atoms with Crippen molar-refractivity contribution in [1.29, 1.82) is 0 Å². The van der Waals surface area contributed by atoms with Gasteiger partial charge in [-0.3, -0.25) is 9.59 Å². The maximum atomic E-state index is 12.7. The molecule has 0 spiro atoms. The Labute approximate surface area is 129 Å². The first kappa shape index (κ1) is 11.9. The molecule has 22 heavy (non-hydrogen) atoms. The first-order chi connectivity index (χ1) is 10.6. The standard InChI is InChI=1S/C19H18O3/c20-16-18-6-12-3-4-13(12)7-19(18,17(21)22-16)9-15-11-2-1-10(5-11)14(15)8-18/h1-2,10-11H,3-9H2/t10-,11+,18-,19+. The van der Waals surface area contributed by atoms with Crippen LogP contribution in [0.3, 0.4) is 0 Å². The highest BCUT2D eigenvalue weighted by atomic mass is 16.6. The molecule has 6 rings (SSSR count). The maximum absolute atomic E-state index is 12.7. The van der Waals surface area contributed by atoms with Gasteiger partial charge < -0.3 is 4.74 Å². The molecule has 0 aromatic rings. The average molecular weight is 294 g/mol. The van der Waals surface area contributed by atoms with E-state index in [1.807, 2.05) is 0 Å². The molecule has 0 N–H and O–H groups in total. The molecule has 0 aromatic carbocycles. The van der Waals surface area contributed by atoms with Crippen molar-refractivity contribution in [2.75, 3.05) is 0 Å². The van der Waals surface area contributed by atoms with E-state index in [4.69, 9.17) is 4.74 Å². The van der Waals surface area contributed by atoms with Gasteiger partial charge in [-0.15, -0.1) is 0 Å². The molecule has 4 atom stereocenters. The van der Waals surface area contributed by atoms with Crippen LogP contribution in [-0.2, 0) is 14.3 Å². The van der Waals surface area contributed by atoms with Gasteiger partial charge in [0.2, 0.25) is 0 Å². The number of esters is 2. The van der Waals surface area contributed by atoms with Crippen LogP contribution in [0.15, 0.2) is 34.4 Å². The Balaban J connectivity index is 1.57. The molecular formula is C19H18O3. The number of hydrogen-bond acceptors (Lipinski definition) is 3. The van der Waals surface area contributed by atoms with Crippen molar-refractivity contribution in [2.45, 2.75) is 44.9 Å². The summed E-state index contributed by atoms with van der Waals surface area (Å²) in [6, 6.07) is 0. The van der Waals surface area contributed by atoms with E-state index in [1.54, 1.807) is 0 Å². The lowest BCUT2D eigenvalue weighted by Crippen LogP contribution is -2.52. The third-order valence-corrected chi connectivity index (χ3v) is 7.52. The Morgan fingerprint density at radius 1 is 0.818 bits per heavy atom. The lowest BCUT2D eigenvalue weighted by Gasteiger charge is -2.52. The van der Waals surface area contributed by atoms with Gasteiger partial charge >= 0.3 is 11.9 Å². The quantitative estimate of drug-likeness (QED) is 0.391. The zero-order chi connectivity index (χ0) is 14.7. The van der Waals surface area contributed by atoms with Crippen molar-refractivity contribution in [1.82, 2.24) is 0 Å². The van der Waals surface area contributed by atoms with Gasteiger partial charge in [0.15, 0.2) is 0 Å². The molecule has 6 aliphatic rings. The normalized spacial score (nSPS) is 47.1. The Morgan fingerprint density at radius 3 is 1.77 bits per heavy atom. The second kappa shape index (κ2) is 3.32. The van der Waals surface area contributed by atoms with Crippen molar-refractivity contribution in [2.24, 2.45) is 22.7 Å². The molecule has 0 radical (unpaired) electrons. The van der Waals surface area contributed by atoms with Crippen LogP contribution in [0.5, 0.6) is 0 Å². The third-order valence-electron chi connectivity index (χ3n) is 7.52. The zero-order valence-electron chi connectivity index (χ0n) is 12.5. The number of rotatable bonds is 0. The van der Waals surface area contributed by atoms with Gasteiger partial charge in [0.05, 0.1) is 10.8 Å². The van der Waals surface area contributed by atoms with Crippen LogP contribution in [0.4, 0.5) is 0 Å². The number of ether oxygens (including phenoxy) is 1. The number of cyclic esters (lactones) is 2. The minimum atomic E-state index is -0.569. The molecule has 1 saturated heterocycles. The summed E-state index contributed by atoms with van der Waals surface area (Å²) in [6.07, 6.45) is 11.1. The number of carbonyl (C=O) groups excluding carboxylic acids is 2. The van der Waals surface area contributed by atoms with Gasteiger partial charge in [-0.1, -0.05) is 34.4 Å². The fourth-order valence-electron chi connectivity index (χ4n) is 6.23. The summed E-state index contributed by atoms with van der Waals surface area (Å²) in [5.41, 5.74) is 4.70. The number of allylic oxidation sites excluding steroid dienone is 6. The van der Waals surface area contributed by atoms with E-state index >= 15 is 0 Å². The first-order valence-corrected chi connectivity index (χ1v) is 8.50. The maximum Gasteiger partial charge on any atom is 0.321 e. The fraction of sp³-hybridized carbons (Fsp3) is 0.579. The van der Waals surface area contributed by atoms with Crippen LogP contribution in [0.25, 0.3) is 0 Å². The molecule has 0 saturated carbocycles. The summed E-state index contributed by atoms with van der Waals surface area (Å²) in [5.74, 6) is 0.587. The highest BCUT2D eigenvalue weighted by Gasteiger charge is 2.72. The van der Waals surface area contributed by atoms with E-state index in [0.717, 1.165) is 38.5 Å². The van der Waals surface area contributed by atoms with E-state index in [9.17, 15) is 9.59 Å². The van der Waals surface area contributed by atoms with Crippen molar-refractivity contribution >= 4 is 11.9 Å².